The van der Waals surface area contributed by atoms with Gasteiger partial charge in [0, 0.05) is 23.3 Å². The van der Waals surface area contributed by atoms with E-state index >= 15 is 0 Å². The van der Waals surface area contributed by atoms with Crippen molar-refractivity contribution in [3.63, 3.8) is 0 Å². The molecule has 0 heterocycles. The van der Waals surface area contributed by atoms with Crippen LogP contribution in [0.15, 0.2) is 53.0 Å². The fourth-order valence-electron chi connectivity index (χ4n) is 2.82. The molecule has 2 aromatic carbocycles. The quantitative estimate of drug-likeness (QED) is 0.439. The molecule has 0 fully saturated rings. The second-order valence-electron chi connectivity index (χ2n) is 7.09. The van der Waals surface area contributed by atoms with E-state index in [2.05, 4.69) is 28.2 Å². The van der Waals surface area contributed by atoms with Gasteiger partial charge < -0.3 is 10.2 Å². The first-order valence-corrected chi connectivity index (χ1v) is 12.0. The molecule has 0 saturated carbocycles. The van der Waals surface area contributed by atoms with Gasteiger partial charge >= 0.3 is 0 Å². The van der Waals surface area contributed by atoms with E-state index in [1.165, 1.54) is 23.9 Å². The number of carbonyl (C=O) groups excluding carboxylic acids is 2. The van der Waals surface area contributed by atoms with E-state index in [1.54, 1.807) is 24.0 Å². The Kier molecular flexibility index (Phi) is 10.4. The highest BCUT2D eigenvalue weighted by Gasteiger charge is 2.25. The monoisotopic (exact) mass is 494 g/mol. The first-order valence-electron chi connectivity index (χ1n) is 10.0. The fraction of sp³-hybridized carbons (Fsp3) is 0.391. The summed E-state index contributed by atoms with van der Waals surface area (Å²) < 4.78 is 14.3. The van der Waals surface area contributed by atoms with Crippen LogP contribution in [0.1, 0.15) is 37.8 Å². The normalized spacial score (nSPS) is 11.7. The van der Waals surface area contributed by atoms with E-state index in [4.69, 9.17) is 0 Å². The lowest BCUT2D eigenvalue weighted by atomic mass is 10.1. The van der Waals surface area contributed by atoms with E-state index in [-0.39, 0.29) is 29.9 Å². The molecular formula is C23H28BrFN2O2S. The van der Waals surface area contributed by atoms with Crippen molar-refractivity contribution in [2.45, 2.75) is 45.0 Å². The fourth-order valence-corrected chi connectivity index (χ4v) is 3.96. The van der Waals surface area contributed by atoms with Crippen molar-refractivity contribution in [3.05, 3.63) is 69.9 Å². The van der Waals surface area contributed by atoms with Crippen LogP contribution >= 0.6 is 27.7 Å². The van der Waals surface area contributed by atoms with E-state index in [9.17, 15) is 14.0 Å². The summed E-state index contributed by atoms with van der Waals surface area (Å²) in [5.41, 5.74) is 1.92. The third-order valence-electron chi connectivity index (χ3n) is 4.67. The van der Waals surface area contributed by atoms with Crippen LogP contribution in [0.3, 0.4) is 0 Å². The lowest BCUT2D eigenvalue weighted by Gasteiger charge is -2.28. The molecule has 0 spiro atoms. The highest BCUT2D eigenvalue weighted by molar-refractivity contribution is 9.10. The van der Waals surface area contributed by atoms with Gasteiger partial charge in [-0.1, -0.05) is 53.5 Å². The van der Waals surface area contributed by atoms with Crippen LogP contribution in [0.25, 0.3) is 0 Å². The van der Waals surface area contributed by atoms with Crippen LogP contribution in [-0.4, -0.2) is 35.1 Å². The number of carbonyl (C=O) groups is 2. The predicted molar refractivity (Wildman–Crippen MR) is 125 cm³/mol. The maximum Gasteiger partial charge on any atom is 0.242 e. The minimum Gasteiger partial charge on any atom is -0.354 e. The molecule has 30 heavy (non-hydrogen) atoms. The second kappa shape index (κ2) is 12.7. The summed E-state index contributed by atoms with van der Waals surface area (Å²) in [5, 5.41) is 2.90. The standard InChI is InChI=1S/C23H28BrFN2O2S/c1-3-4-13-26-23(29)17(2)27(14-18-7-11-21(25)12-8-18)22(28)16-30-15-19-5-9-20(24)10-6-19/h5-12,17H,3-4,13-16H2,1-2H3,(H,26,29). The molecule has 162 valence electrons. The molecule has 0 bridgehead atoms. The van der Waals surface area contributed by atoms with Crippen molar-refractivity contribution in [1.82, 2.24) is 10.2 Å². The van der Waals surface area contributed by atoms with Crippen LogP contribution in [0.2, 0.25) is 0 Å². The third kappa shape index (κ3) is 8.11. The lowest BCUT2D eigenvalue weighted by molar-refractivity contribution is -0.138. The first-order chi connectivity index (χ1) is 14.4. The van der Waals surface area contributed by atoms with Gasteiger partial charge in [-0.15, -0.1) is 11.8 Å². The molecule has 0 aromatic heterocycles. The van der Waals surface area contributed by atoms with Crippen molar-refractivity contribution in [2.24, 2.45) is 0 Å². The van der Waals surface area contributed by atoms with Gasteiger partial charge in [0.15, 0.2) is 0 Å². The number of benzene rings is 2. The van der Waals surface area contributed by atoms with Crippen molar-refractivity contribution >= 4 is 39.5 Å². The number of halogens is 2. The summed E-state index contributed by atoms with van der Waals surface area (Å²) in [4.78, 5) is 27.1. The topological polar surface area (TPSA) is 49.4 Å². The second-order valence-corrected chi connectivity index (χ2v) is 8.99. The Hall–Kier alpha value is -1.86. The van der Waals surface area contributed by atoms with Gasteiger partial charge in [-0.25, -0.2) is 4.39 Å². The minimum absolute atomic E-state index is 0.112. The Morgan fingerprint density at radius 2 is 1.73 bits per heavy atom. The Morgan fingerprint density at radius 1 is 1.10 bits per heavy atom. The third-order valence-corrected chi connectivity index (χ3v) is 6.19. The van der Waals surface area contributed by atoms with Gasteiger partial charge in [0.05, 0.1) is 5.75 Å². The smallest absolute Gasteiger partial charge is 0.242 e. The van der Waals surface area contributed by atoms with Crippen LogP contribution in [0, 0.1) is 5.82 Å². The van der Waals surface area contributed by atoms with Crippen LogP contribution < -0.4 is 5.32 Å². The lowest BCUT2D eigenvalue weighted by Crippen LogP contribution is -2.48. The summed E-state index contributed by atoms with van der Waals surface area (Å²) in [7, 11) is 0. The van der Waals surface area contributed by atoms with Crippen molar-refractivity contribution < 1.29 is 14.0 Å². The summed E-state index contributed by atoms with van der Waals surface area (Å²) in [6.45, 7) is 4.65. The molecule has 1 N–H and O–H groups in total. The number of rotatable bonds is 11. The molecule has 2 amide bonds. The first kappa shape index (κ1) is 24.4. The van der Waals surface area contributed by atoms with Crippen molar-refractivity contribution in [3.8, 4) is 0 Å². The average Bonchev–Trinajstić information content (AvgIpc) is 2.74. The number of hydrogen-bond acceptors (Lipinski definition) is 3. The predicted octanol–water partition coefficient (Wildman–Crippen LogP) is 5.16. The van der Waals surface area contributed by atoms with Gasteiger partial charge in [-0.05, 0) is 48.7 Å². The number of nitrogens with zero attached hydrogens (tertiary/aromatic N) is 1. The van der Waals surface area contributed by atoms with Gasteiger partial charge in [0.1, 0.15) is 11.9 Å². The van der Waals surface area contributed by atoms with E-state index in [0.29, 0.717) is 12.3 Å². The number of unbranched alkanes of at least 4 members (excludes halogenated alkanes) is 1. The van der Waals surface area contributed by atoms with E-state index in [1.807, 2.05) is 24.3 Å². The zero-order valence-corrected chi connectivity index (χ0v) is 19.8. The van der Waals surface area contributed by atoms with E-state index < -0.39 is 6.04 Å². The molecule has 1 unspecified atom stereocenters. The Bertz CT molecular complexity index is 815. The zero-order valence-electron chi connectivity index (χ0n) is 17.4. The Labute approximate surface area is 190 Å². The molecule has 0 aliphatic carbocycles. The Balaban J connectivity index is 2.02. The summed E-state index contributed by atoms with van der Waals surface area (Å²) in [6, 6.07) is 13.4. The van der Waals surface area contributed by atoms with Crippen LogP contribution in [-0.2, 0) is 21.9 Å². The van der Waals surface area contributed by atoms with Crippen molar-refractivity contribution in [1.29, 1.82) is 0 Å². The maximum absolute atomic E-state index is 13.2. The molecule has 7 heteroatoms. The molecule has 0 saturated heterocycles. The van der Waals surface area contributed by atoms with E-state index in [0.717, 1.165) is 28.4 Å². The van der Waals surface area contributed by atoms with Gasteiger partial charge in [0.25, 0.3) is 0 Å². The van der Waals surface area contributed by atoms with Crippen molar-refractivity contribution in [2.75, 3.05) is 12.3 Å². The molecule has 0 radical (unpaired) electrons. The largest absolute Gasteiger partial charge is 0.354 e. The zero-order chi connectivity index (χ0) is 21.9. The molecule has 0 aliphatic rings. The number of hydrogen-bond donors (Lipinski definition) is 1. The number of nitrogens with one attached hydrogen (secondary N) is 1. The molecule has 0 aliphatic heterocycles. The molecule has 2 aromatic rings. The number of thioether (sulfide) groups is 1. The number of amides is 2. The summed E-state index contributed by atoms with van der Waals surface area (Å²) in [6.07, 6.45) is 1.88. The maximum atomic E-state index is 13.2. The SMILES string of the molecule is CCCCNC(=O)C(C)N(Cc1ccc(F)cc1)C(=O)CSCc1ccc(Br)cc1. The highest BCUT2D eigenvalue weighted by atomic mass is 79.9. The summed E-state index contributed by atoms with van der Waals surface area (Å²) in [5.74, 6) is 0.369. The molecule has 2 rings (SSSR count). The summed E-state index contributed by atoms with van der Waals surface area (Å²) >= 11 is 4.93. The molecule has 4 nitrogen and oxygen atoms in total. The Morgan fingerprint density at radius 3 is 2.37 bits per heavy atom. The minimum atomic E-state index is -0.604. The van der Waals surface area contributed by atoms with Gasteiger partial charge in [-0.3, -0.25) is 9.59 Å². The molecular weight excluding hydrogens is 467 g/mol. The highest BCUT2D eigenvalue weighted by Crippen LogP contribution is 2.18. The van der Waals surface area contributed by atoms with Gasteiger partial charge in [0.2, 0.25) is 11.8 Å². The van der Waals surface area contributed by atoms with Gasteiger partial charge in [-0.2, -0.15) is 0 Å². The van der Waals surface area contributed by atoms with Crippen LogP contribution in [0.4, 0.5) is 4.39 Å². The van der Waals surface area contributed by atoms with Crippen LogP contribution in [0.5, 0.6) is 0 Å². The average molecular weight is 495 g/mol. The molecule has 1 atom stereocenters.